The Labute approximate surface area is 180 Å². The second-order valence-electron chi connectivity index (χ2n) is 7.83. The molecule has 31 heavy (non-hydrogen) atoms. The molecular weight excluding hydrogens is 414 g/mol. The van der Waals surface area contributed by atoms with Crippen LogP contribution in [0.25, 0.3) is 0 Å². The van der Waals surface area contributed by atoms with E-state index in [2.05, 4.69) is 15.2 Å². The maximum Gasteiger partial charge on any atom is 0.264 e. The topological polar surface area (TPSA) is 134 Å². The van der Waals surface area contributed by atoms with Crippen molar-refractivity contribution in [2.24, 2.45) is 16.5 Å². The summed E-state index contributed by atoms with van der Waals surface area (Å²) in [5.41, 5.74) is 16.1. The molecule has 0 bridgehead atoms. The molecule has 1 aromatic heterocycles. The van der Waals surface area contributed by atoms with Gasteiger partial charge in [-0.1, -0.05) is 35.9 Å². The number of aryl methyl sites for hydroxylation is 1. The molecule has 0 aliphatic carbocycles. The van der Waals surface area contributed by atoms with Crippen LogP contribution in [0.1, 0.15) is 22.9 Å². The van der Waals surface area contributed by atoms with E-state index >= 15 is 0 Å². The minimum atomic E-state index is -3.78. The summed E-state index contributed by atoms with van der Waals surface area (Å²) in [5.74, 6) is 0.767. The molecule has 2 unspecified atom stereocenters. The molecular formula is C21H23N7O2S. The van der Waals surface area contributed by atoms with E-state index in [1.54, 1.807) is 35.4 Å². The Balaban J connectivity index is 1.57. The van der Waals surface area contributed by atoms with Crippen LogP contribution in [0.15, 0.2) is 64.6 Å². The Morgan fingerprint density at radius 2 is 1.87 bits per heavy atom. The normalized spacial score (nSPS) is 20.8. The molecule has 10 heteroatoms. The first kappa shape index (κ1) is 19.6. The van der Waals surface area contributed by atoms with E-state index in [-0.39, 0.29) is 23.4 Å². The van der Waals surface area contributed by atoms with Crippen molar-refractivity contribution in [3.05, 3.63) is 71.4 Å². The van der Waals surface area contributed by atoms with Gasteiger partial charge >= 0.3 is 0 Å². The smallest absolute Gasteiger partial charge is 0.264 e. The predicted octanol–water partition coefficient (Wildman–Crippen LogP) is 1.76. The Morgan fingerprint density at radius 3 is 2.65 bits per heavy atom. The van der Waals surface area contributed by atoms with E-state index in [4.69, 9.17) is 11.5 Å². The van der Waals surface area contributed by atoms with Crippen molar-refractivity contribution in [2.75, 3.05) is 10.8 Å². The van der Waals surface area contributed by atoms with E-state index in [1.807, 2.05) is 31.2 Å². The Hall–Kier alpha value is -3.37. The molecule has 0 saturated carbocycles. The third-order valence-electron chi connectivity index (χ3n) is 5.85. The summed E-state index contributed by atoms with van der Waals surface area (Å²) in [6, 6.07) is 14.1. The lowest BCUT2D eigenvalue weighted by Gasteiger charge is -2.44. The number of fused-ring (bicyclic) bond motifs is 2. The van der Waals surface area contributed by atoms with Crippen LogP contribution in [-0.4, -0.2) is 42.1 Å². The number of H-pyrrole nitrogens is 1. The number of nitrogens with zero attached hydrogens (tertiary/aromatic N) is 4. The van der Waals surface area contributed by atoms with Crippen molar-refractivity contribution in [3.63, 3.8) is 0 Å². The van der Waals surface area contributed by atoms with Gasteiger partial charge in [-0.05, 0) is 37.1 Å². The minimum absolute atomic E-state index is 0.199. The number of aromatic amines is 1. The maximum absolute atomic E-state index is 13.6. The molecule has 0 amide bonds. The molecule has 5 rings (SSSR count). The molecule has 0 spiro atoms. The number of nitrogens with one attached hydrogen (secondary N) is 1. The quantitative estimate of drug-likeness (QED) is 0.572. The Kier molecular flexibility index (Phi) is 4.49. The molecule has 160 valence electrons. The molecule has 5 N–H and O–H groups in total. The van der Waals surface area contributed by atoms with Crippen molar-refractivity contribution >= 4 is 27.5 Å². The van der Waals surface area contributed by atoms with E-state index in [1.165, 1.54) is 4.31 Å². The summed E-state index contributed by atoms with van der Waals surface area (Å²) in [6.07, 6.45) is 1.64. The first-order valence-electron chi connectivity index (χ1n) is 9.95. The summed E-state index contributed by atoms with van der Waals surface area (Å²) < 4.78 is 28.7. The lowest BCUT2D eigenvalue weighted by molar-refractivity contribution is 0.233. The number of aromatic nitrogens is 2. The third-order valence-corrected chi connectivity index (χ3v) is 7.65. The zero-order chi connectivity index (χ0) is 21.8. The molecule has 2 aromatic carbocycles. The molecule has 2 aliphatic rings. The number of sulfonamides is 1. The number of benzene rings is 2. The number of anilines is 1. The number of para-hydroxylation sites is 1. The van der Waals surface area contributed by atoms with Gasteiger partial charge in [0, 0.05) is 0 Å². The maximum atomic E-state index is 13.6. The highest BCUT2D eigenvalue weighted by molar-refractivity contribution is 7.92. The average Bonchev–Trinajstić information content (AvgIpc) is 3.22. The number of nitrogens with two attached hydrogens (primary N) is 2. The molecule has 0 saturated heterocycles. The fraction of sp³-hybridized carbons (Fsp3) is 0.238. The van der Waals surface area contributed by atoms with Gasteiger partial charge in [0.2, 0.25) is 0 Å². The summed E-state index contributed by atoms with van der Waals surface area (Å²) >= 11 is 0. The first-order valence-corrected chi connectivity index (χ1v) is 11.4. The lowest BCUT2D eigenvalue weighted by atomic mass is 9.97. The number of hydrogen-bond acceptors (Lipinski definition) is 7. The number of rotatable bonds is 3. The van der Waals surface area contributed by atoms with Gasteiger partial charge in [0.25, 0.3) is 10.0 Å². The predicted molar refractivity (Wildman–Crippen MR) is 118 cm³/mol. The van der Waals surface area contributed by atoms with Gasteiger partial charge in [0.1, 0.15) is 6.17 Å². The Morgan fingerprint density at radius 1 is 1.13 bits per heavy atom. The summed E-state index contributed by atoms with van der Waals surface area (Å²) in [5, 5.41) is 6.79. The number of guanidine groups is 1. The summed E-state index contributed by atoms with van der Waals surface area (Å²) in [4.78, 5) is 6.41. The molecule has 2 aliphatic heterocycles. The summed E-state index contributed by atoms with van der Waals surface area (Å²) in [6.45, 7) is 2.12. The van der Waals surface area contributed by atoms with Crippen LogP contribution < -0.4 is 15.8 Å². The van der Waals surface area contributed by atoms with Gasteiger partial charge in [-0.15, -0.1) is 0 Å². The van der Waals surface area contributed by atoms with Crippen molar-refractivity contribution < 1.29 is 8.42 Å². The fourth-order valence-electron chi connectivity index (χ4n) is 4.26. The number of hydrogen-bond donors (Lipinski definition) is 3. The van der Waals surface area contributed by atoms with Crippen LogP contribution in [0.4, 0.5) is 11.5 Å². The van der Waals surface area contributed by atoms with Crippen molar-refractivity contribution in [1.82, 2.24) is 15.1 Å². The largest absolute Gasteiger partial charge is 0.369 e. The van der Waals surface area contributed by atoms with Crippen LogP contribution in [0.5, 0.6) is 0 Å². The third kappa shape index (κ3) is 3.15. The van der Waals surface area contributed by atoms with Crippen LogP contribution in [0, 0.1) is 6.92 Å². The summed E-state index contributed by atoms with van der Waals surface area (Å²) in [7, 11) is -3.78. The highest BCUT2D eigenvalue weighted by Crippen LogP contribution is 2.37. The second kappa shape index (κ2) is 7.10. The number of aliphatic imine (C=N–C) groups is 1. The van der Waals surface area contributed by atoms with Crippen LogP contribution in [0.3, 0.4) is 0 Å². The lowest BCUT2D eigenvalue weighted by Crippen LogP contribution is -2.57. The molecule has 0 radical (unpaired) electrons. The zero-order valence-corrected chi connectivity index (χ0v) is 17.7. The molecule has 2 atom stereocenters. The average molecular weight is 438 g/mol. The van der Waals surface area contributed by atoms with Crippen molar-refractivity contribution in [1.29, 1.82) is 0 Å². The molecule has 0 fully saturated rings. The van der Waals surface area contributed by atoms with Crippen LogP contribution in [0.2, 0.25) is 0 Å². The van der Waals surface area contributed by atoms with Crippen LogP contribution >= 0.6 is 0 Å². The van der Waals surface area contributed by atoms with Gasteiger partial charge in [0.15, 0.2) is 11.8 Å². The van der Waals surface area contributed by atoms with Gasteiger partial charge in [0.05, 0.1) is 34.9 Å². The first-order chi connectivity index (χ1) is 14.9. The monoisotopic (exact) mass is 437 g/mol. The molecule has 3 heterocycles. The van der Waals surface area contributed by atoms with E-state index in [0.717, 1.165) is 16.7 Å². The highest BCUT2D eigenvalue weighted by atomic mass is 32.2. The minimum Gasteiger partial charge on any atom is -0.369 e. The van der Waals surface area contributed by atoms with Crippen LogP contribution in [-0.2, 0) is 16.4 Å². The second-order valence-corrected chi connectivity index (χ2v) is 9.69. The SMILES string of the molecule is Cc1ccc(S(=O)(=O)N2CC(N3C(N)=Nc4[nH]ncc4C3N)Cc3ccccc32)cc1. The highest BCUT2D eigenvalue weighted by Gasteiger charge is 2.40. The van der Waals surface area contributed by atoms with Gasteiger partial charge in [-0.25, -0.2) is 8.42 Å². The Bertz CT molecular complexity index is 1270. The van der Waals surface area contributed by atoms with Gasteiger partial charge in [-0.3, -0.25) is 9.40 Å². The van der Waals surface area contributed by atoms with Crippen molar-refractivity contribution in [3.8, 4) is 0 Å². The molecule has 3 aromatic rings. The van der Waals surface area contributed by atoms with E-state index < -0.39 is 16.2 Å². The van der Waals surface area contributed by atoms with Gasteiger partial charge in [-0.2, -0.15) is 10.1 Å². The van der Waals surface area contributed by atoms with E-state index in [0.29, 0.717) is 17.9 Å². The van der Waals surface area contributed by atoms with E-state index in [9.17, 15) is 8.42 Å². The zero-order valence-electron chi connectivity index (χ0n) is 16.9. The standard InChI is InChI=1S/C21H23N7O2S/c1-13-6-8-16(9-7-13)31(29,30)27-12-15(10-14-4-2-3-5-18(14)27)28-19(22)17-11-24-26-20(17)25-21(28)23/h2-9,11,15,19H,10,12,22H2,1H3,(H3,23,24,25,26). The van der Waals surface area contributed by atoms with Gasteiger partial charge < -0.3 is 16.4 Å². The van der Waals surface area contributed by atoms with Crippen molar-refractivity contribution in [2.45, 2.75) is 30.4 Å². The molecule has 9 nitrogen and oxygen atoms in total. The fourth-order valence-corrected chi connectivity index (χ4v) is 5.80.